The van der Waals surface area contributed by atoms with Crippen LogP contribution in [0.1, 0.15) is 29.8 Å². The Morgan fingerprint density at radius 2 is 1.80 bits per heavy atom. The molecule has 3 rings (SSSR count). The quantitative estimate of drug-likeness (QED) is 0.772. The first kappa shape index (κ1) is 17.2. The number of ether oxygens (including phenoxy) is 1. The van der Waals surface area contributed by atoms with Crippen LogP contribution < -0.4 is 15.6 Å². The summed E-state index contributed by atoms with van der Waals surface area (Å²) in [6, 6.07) is 16.5. The SMILES string of the molecule is COc1ccc2cc(C(C)NCc3ccc(C)n(C)c3=O)ccc2c1. The number of pyridine rings is 1. The van der Waals surface area contributed by atoms with Crippen molar-refractivity contribution in [2.45, 2.75) is 26.4 Å². The van der Waals surface area contributed by atoms with Crippen LogP contribution in [0.4, 0.5) is 0 Å². The fraction of sp³-hybridized carbons (Fsp3) is 0.286. The first-order valence-corrected chi connectivity index (χ1v) is 8.46. The lowest BCUT2D eigenvalue weighted by Crippen LogP contribution is -2.27. The Kier molecular flexibility index (Phi) is 4.91. The highest BCUT2D eigenvalue weighted by Crippen LogP contribution is 2.24. The first-order chi connectivity index (χ1) is 12.0. The third kappa shape index (κ3) is 3.59. The van der Waals surface area contributed by atoms with Crippen LogP contribution in [0.15, 0.2) is 53.3 Å². The Labute approximate surface area is 148 Å². The molecular weight excluding hydrogens is 312 g/mol. The van der Waals surface area contributed by atoms with Crippen molar-refractivity contribution in [3.63, 3.8) is 0 Å². The number of rotatable bonds is 5. The van der Waals surface area contributed by atoms with E-state index < -0.39 is 0 Å². The Bertz CT molecular complexity index is 960. The molecule has 1 heterocycles. The highest BCUT2D eigenvalue weighted by molar-refractivity contribution is 5.84. The van der Waals surface area contributed by atoms with E-state index in [0.717, 1.165) is 22.4 Å². The summed E-state index contributed by atoms with van der Waals surface area (Å²) in [5.74, 6) is 0.863. The lowest BCUT2D eigenvalue weighted by Gasteiger charge is -2.16. The molecule has 3 aromatic rings. The van der Waals surface area contributed by atoms with Gasteiger partial charge in [0.1, 0.15) is 5.75 Å². The maximum atomic E-state index is 12.3. The van der Waals surface area contributed by atoms with E-state index in [-0.39, 0.29) is 11.6 Å². The van der Waals surface area contributed by atoms with Crippen LogP contribution in [0.25, 0.3) is 10.8 Å². The molecule has 0 saturated carbocycles. The van der Waals surface area contributed by atoms with Gasteiger partial charge < -0.3 is 14.6 Å². The predicted molar refractivity (Wildman–Crippen MR) is 102 cm³/mol. The average Bonchev–Trinajstić information content (AvgIpc) is 2.64. The molecule has 4 heteroatoms. The highest BCUT2D eigenvalue weighted by Gasteiger charge is 2.09. The molecular formula is C21H24N2O2. The summed E-state index contributed by atoms with van der Waals surface area (Å²) >= 11 is 0. The standard InChI is InChI=1S/C21H24N2O2/c1-14-5-6-19(21(24)23(14)3)13-22-15(2)16-7-8-18-12-20(25-4)10-9-17(18)11-16/h5-12,15,22H,13H2,1-4H3. The van der Waals surface area contributed by atoms with Gasteiger partial charge in [0.15, 0.2) is 0 Å². The van der Waals surface area contributed by atoms with Crippen LogP contribution in [0.5, 0.6) is 5.75 Å². The minimum atomic E-state index is 0.0605. The fourth-order valence-electron chi connectivity index (χ4n) is 2.93. The molecule has 2 aromatic carbocycles. The summed E-state index contributed by atoms with van der Waals surface area (Å²) in [5.41, 5.74) is 3.00. The third-order valence-electron chi connectivity index (χ3n) is 4.80. The number of hydrogen-bond donors (Lipinski definition) is 1. The second-order valence-corrected chi connectivity index (χ2v) is 6.44. The molecule has 0 radical (unpaired) electrons. The first-order valence-electron chi connectivity index (χ1n) is 8.46. The third-order valence-corrected chi connectivity index (χ3v) is 4.80. The number of methoxy groups -OCH3 is 1. The summed E-state index contributed by atoms with van der Waals surface area (Å²) in [6.45, 7) is 4.60. The van der Waals surface area contributed by atoms with Gasteiger partial charge in [0.2, 0.25) is 0 Å². The monoisotopic (exact) mass is 336 g/mol. The molecule has 1 aromatic heterocycles. The van der Waals surface area contributed by atoms with E-state index in [2.05, 4.69) is 36.5 Å². The van der Waals surface area contributed by atoms with Gasteiger partial charge in [0, 0.05) is 30.9 Å². The van der Waals surface area contributed by atoms with Gasteiger partial charge in [0.25, 0.3) is 5.56 Å². The van der Waals surface area contributed by atoms with Crippen molar-refractivity contribution in [1.29, 1.82) is 0 Å². The molecule has 1 unspecified atom stereocenters. The zero-order chi connectivity index (χ0) is 18.0. The fourth-order valence-corrected chi connectivity index (χ4v) is 2.93. The van der Waals surface area contributed by atoms with E-state index in [0.29, 0.717) is 6.54 Å². The van der Waals surface area contributed by atoms with Crippen LogP contribution in [-0.2, 0) is 13.6 Å². The zero-order valence-corrected chi connectivity index (χ0v) is 15.2. The highest BCUT2D eigenvalue weighted by atomic mass is 16.5. The van der Waals surface area contributed by atoms with E-state index >= 15 is 0 Å². The lowest BCUT2D eigenvalue weighted by atomic mass is 10.0. The number of benzene rings is 2. The van der Waals surface area contributed by atoms with Crippen LogP contribution in [0, 0.1) is 6.92 Å². The number of aryl methyl sites for hydroxylation is 1. The van der Waals surface area contributed by atoms with Gasteiger partial charge in [-0.2, -0.15) is 0 Å². The predicted octanol–water partition coefficient (Wildman–Crippen LogP) is 3.71. The Hall–Kier alpha value is -2.59. The van der Waals surface area contributed by atoms with E-state index in [4.69, 9.17) is 4.74 Å². The van der Waals surface area contributed by atoms with Crippen LogP contribution in [0.3, 0.4) is 0 Å². The number of nitrogens with one attached hydrogen (secondary N) is 1. The smallest absolute Gasteiger partial charge is 0.254 e. The molecule has 0 aliphatic heterocycles. The van der Waals surface area contributed by atoms with Crippen molar-refractivity contribution in [3.8, 4) is 5.75 Å². The van der Waals surface area contributed by atoms with Crippen LogP contribution in [-0.4, -0.2) is 11.7 Å². The maximum Gasteiger partial charge on any atom is 0.254 e. The molecule has 1 atom stereocenters. The Balaban J connectivity index is 1.77. The largest absolute Gasteiger partial charge is 0.497 e. The van der Waals surface area contributed by atoms with Crippen LogP contribution >= 0.6 is 0 Å². The van der Waals surface area contributed by atoms with Gasteiger partial charge >= 0.3 is 0 Å². The van der Waals surface area contributed by atoms with Gasteiger partial charge in [-0.1, -0.05) is 24.3 Å². The molecule has 4 nitrogen and oxygen atoms in total. The molecule has 0 saturated heterocycles. The van der Waals surface area contributed by atoms with Crippen molar-refractivity contribution in [2.75, 3.05) is 7.11 Å². The lowest BCUT2D eigenvalue weighted by molar-refractivity contribution is 0.415. The summed E-state index contributed by atoms with van der Waals surface area (Å²) in [6.07, 6.45) is 0. The summed E-state index contributed by atoms with van der Waals surface area (Å²) in [7, 11) is 3.49. The Morgan fingerprint density at radius 3 is 2.56 bits per heavy atom. The van der Waals surface area contributed by atoms with Gasteiger partial charge in [-0.25, -0.2) is 0 Å². The zero-order valence-electron chi connectivity index (χ0n) is 15.2. The summed E-state index contributed by atoms with van der Waals surface area (Å²) in [4.78, 5) is 12.3. The molecule has 0 bridgehead atoms. The molecule has 0 amide bonds. The topological polar surface area (TPSA) is 43.3 Å². The number of hydrogen-bond acceptors (Lipinski definition) is 3. The van der Waals surface area contributed by atoms with Crippen molar-refractivity contribution in [1.82, 2.24) is 9.88 Å². The van der Waals surface area contributed by atoms with Crippen LogP contribution in [0.2, 0.25) is 0 Å². The number of nitrogens with zero attached hydrogens (tertiary/aromatic N) is 1. The molecule has 1 N–H and O–H groups in total. The minimum absolute atomic E-state index is 0.0605. The van der Waals surface area contributed by atoms with Gasteiger partial charge in [-0.15, -0.1) is 0 Å². The number of fused-ring (bicyclic) bond motifs is 1. The molecule has 0 spiro atoms. The molecule has 0 aliphatic carbocycles. The van der Waals surface area contributed by atoms with Gasteiger partial charge in [-0.05, 0) is 54.4 Å². The molecule has 130 valence electrons. The maximum absolute atomic E-state index is 12.3. The Morgan fingerprint density at radius 1 is 1.08 bits per heavy atom. The van der Waals surface area contributed by atoms with Crippen molar-refractivity contribution >= 4 is 10.8 Å². The van der Waals surface area contributed by atoms with E-state index in [9.17, 15) is 4.79 Å². The van der Waals surface area contributed by atoms with Crippen molar-refractivity contribution < 1.29 is 4.74 Å². The van der Waals surface area contributed by atoms with E-state index in [1.807, 2.05) is 38.2 Å². The second kappa shape index (κ2) is 7.11. The average molecular weight is 336 g/mol. The minimum Gasteiger partial charge on any atom is -0.497 e. The molecule has 0 fully saturated rings. The van der Waals surface area contributed by atoms with Crippen molar-refractivity contribution in [2.24, 2.45) is 7.05 Å². The molecule has 0 aliphatic rings. The van der Waals surface area contributed by atoms with Gasteiger partial charge in [0.05, 0.1) is 7.11 Å². The summed E-state index contributed by atoms with van der Waals surface area (Å²) in [5, 5.41) is 5.79. The van der Waals surface area contributed by atoms with E-state index in [1.165, 1.54) is 10.9 Å². The second-order valence-electron chi connectivity index (χ2n) is 6.44. The number of aromatic nitrogens is 1. The van der Waals surface area contributed by atoms with Gasteiger partial charge in [-0.3, -0.25) is 4.79 Å². The summed E-state index contributed by atoms with van der Waals surface area (Å²) < 4.78 is 6.96. The normalized spacial score (nSPS) is 12.3. The van der Waals surface area contributed by atoms with E-state index in [1.54, 1.807) is 11.7 Å². The van der Waals surface area contributed by atoms with Crippen molar-refractivity contribution in [3.05, 3.63) is 75.7 Å². The molecule has 25 heavy (non-hydrogen) atoms.